The lowest BCUT2D eigenvalue weighted by Crippen LogP contribution is -2.50. The van der Waals surface area contributed by atoms with Crippen LogP contribution >= 0.6 is 0 Å². The minimum atomic E-state index is 0.286. The number of hydrogen-bond donors (Lipinski definition) is 1. The third-order valence-electron chi connectivity index (χ3n) is 6.49. The second-order valence-electron chi connectivity index (χ2n) is 8.29. The van der Waals surface area contributed by atoms with Gasteiger partial charge in [-0.3, -0.25) is 4.99 Å². The Morgan fingerprint density at radius 3 is 2.81 bits per heavy atom. The monoisotopic (exact) mass is 365 g/mol. The van der Waals surface area contributed by atoms with Gasteiger partial charge in [-0.2, -0.15) is 0 Å². The second kappa shape index (κ2) is 7.37. The summed E-state index contributed by atoms with van der Waals surface area (Å²) in [5.41, 5.74) is 3.18. The van der Waals surface area contributed by atoms with E-state index >= 15 is 0 Å². The van der Waals surface area contributed by atoms with Crippen LogP contribution in [0.4, 0.5) is 0 Å². The fourth-order valence-electron chi connectivity index (χ4n) is 4.54. The average molecular weight is 366 g/mol. The van der Waals surface area contributed by atoms with Gasteiger partial charge in [0.25, 0.3) is 0 Å². The number of aromatic nitrogens is 2. The van der Waals surface area contributed by atoms with Crippen LogP contribution in [0.1, 0.15) is 43.4 Å². The molecular formula is C22H31N5. The molecule has 2 aromatic rings. The van der Waals surface area contributed by atoms with E-state index in [-0.39, 0.29) is 5.41 Å². The van der Waals surface area contributed by atoms with E-state index in [1.165, 1.54) is 30.4 Å². The molecule has 1 aliphatic heterocycles. The van der Waals surface area contributed by atoms with Gasteiger partial charge in [-0.1, -0.05) is 31.2 Å². The van der Waals surface area contributed by atoms with Crippen molar-refractivity contribution in [3.8, 4) is 0 Å². The Morgan fingerprint density at radius 1 is 1.33 bits per heavy atom. The quantitative estimate of drug-likeness (QED) is 0.667. The van der Waals surface area contributed by atoms with E-state index in [0.29, 0.717) is 12.0 Å². The maximum atomic E-state index is 4.61. The Balaban J connectivity index is 1.43. The van der Waals surface area contributed by atoms with Crippen LogP contribution in [0.5, 0.6) is 0 Å². The SMILES string of the molecule is CN=C(NCC1(c2ccccc2C)CC1)N1CCC(C)C(n2ccnc2)C1. The molecule has 0 radical (unpaired) electrons. The number of imidazole rings is 1. The first-order chi connectivity index (χ1) is 13.1. The summed E-state index contributed by atoms with van der Waals surface area (Å²) in [5.74, 6) is 1.68. The van der Waals surface area contributed by atoms with Crippen molar-refractivity contribution in [3.05, 3.63) is 54.1 Å². The van der Waals surface area contributed by atoms with E-state index < -0.39 is 0 Å². The molecule has 2 unspecified atom stereocenters. The highest BCUT2D eigenvalue weighted by molar-refractivity contribution is 5.80. The number of rotatable bonds is 4. The molecule has 1 aromatic heterocycles. The fourth-order valence-corrected chi connectivity index (χ4v) is 4.54. The topological polar surface area (TPSA) is 45.5 Å². The normalized spacial score (nSPS) is 24.7. The molecule has 1 N–H and O–H groups in total. The molecule has 1 aromatic carbocycles. The number of aryl methyl sites for hydroxylation is 1. The molecule has 1 saturated heterocycles. The molecule has 2 heterocycles. The van der Waals surface area contributed by atoms with Crippen LogP contribution in [0.25, 0.3) is 0 Å². The number of nitrogens with one attached hydrogen (secondary N) is 1. The van der Waals surface area contributed by atoms with Gasteiger partial charge in [-0.15, -0.1) is 0 Å². The van der Waals surface area contributed by atoms with Gasteiger partial charge in [-0.25, -0.2) is 4.98 Å². The summed E-state index contributed by atoms with van der Waals surface area (Å²) in [5, 5.41) is 3.70. The number of aliphatic imine (C=N–C) groups is 1. The number of piperidine rings is 1. The lowest BCUT2D eigenvalue weighted by Gasteiger charge is -2.39. The minimum absolute atomic E-state index is 0.286. The molecule has 2 aliphatic rings. The summed E-state index contributed by atoms with van der Waals surface area (Å²) in [6.45, 7) is 7.58. The summed E-state index contributed by atoms with van der Waals surface area (Å²) in [7, 11) is 1.90. The highest BCUT2D eigenvalue weighted by Crippen LogP contribution is 2.48. The van der Waals surface area contributed by atoms with Crippen LogP contribution < -0.4 is 5.32 Å². The van der Waals surface area contributed by atoms with Crippen molar-refractivity contribution < 1.29 is 0 Å². The molecule has 0 bridgehead atoms. The van der Waals surface area contributed by atoms with Gasteiger partial charge in [0.05, 0.1) is 12.4 Å². The first-order valence-corrected chi connectivity index (χ1v) is 10.1. The highest BCUT2D eigenvalue weighted by Gasteiger charge is 2.45. The van der Waals surface area contributed by atoms with Crippen molar-refractivity contribution in [1.29, 1.82) is 0 Å². The van der Waals surface area contributed by atoms with Crippen LogP contribution in [0, 0.1) is 12.8 Å². The van der Waals surface area contributed by atoms with Crippen molar-refractivity contribution in [3.63, 3.8) is 0 Å². The van der Waals surface area contributed by atoms with E-state index in [2.05, 4.69) is 69.1 Å². The zero-order valence-electron chi connectivity index (χ0n) is 16.7. The Kier molecular flexibility index (Phi) is 4.94. The first-order valence-electron chi connectivity index (χ1n) is 10.1. The van der Waals surface area contributed by atoms with E-state index in [0.717, 1.165) is 25.6 Å². The van der Waals surface area contributed by atoms with Gasteiger partial charge < -0.3 is 14.8 Å². The molecule has 4 rings (SSSR count). The molecule has 0 amide bonds. The summed E-state index contributed by atoms with van der Waals surface area (Å²) in [6, 6.07) is 9.27. The summed E-state index contributed by atoms with van der Waals surface area (Å²) in [6.07, 6.45) is 9.59. The van der Waals surface area contributed by atoms with E-state index in [1.54, 1.807) is 0 Å². The molecule has 1 aliphatic carbocycles. The third-order valence-corrected chi connectivity index (χ3v) is 6.49. The van der Waals surface area contributed by atoms with Gasteiger partial charge in [-0.05, 0) is 43.2 Å². The van der Waals surface area contributed by atoms with Crippen molar-refractivity contribution in [2.75, 3.05) is 26.7 Å². The number of benzene rings is 1. The van der Waals surface area contributed by atoms with Crippen molar-refractivity contribution >= 4 is 5.96 Å². The maximum absolute atomic E-state index is 4.61. The molecule has 144 valence electrons. The van der Waals surface area contributed by atoms with E-state index in [1.807, 2.05) is 19.6 Å². The minimum Gasteiger partial charge on any atom is -0.355 e. The first kappa shape index (κ1) is 18.1. The summed E-state index contributed by atoms with van der Waals surface area (Å²) >= 11 is 0. The van der Waals surface area contributed by atoms with Crippen LogP contribution in [-0.4, -0.2) is 47.1 Å². The van der Waals surface area contributed by atoms with Crippen molar-refractivity contribution in [2.24, 2.45) is 10.9 Å². The molecule has 27 heavy (non-hydrogen) atoms. The predicted molar refractivity (Wildman–Crippen MR) is 110 cm³/mol. The fraction of sp³-hybridized carbons (Fsp3) is 0.545. The van der Waals surface area contributed by atoms with Gasteiger partial charge in [0.2, 0.25) is 0 Å². The van der Waals surface area contributed by atoms with E-state index in [4.69, 9.17) is 0 Å². The lowest BCUT2D eigenvalue weighted by molar-refractivity contribution is 0.189. The average Bonchev–Trinajstić information content (AvgIpc) is 3.26. The van der Waals surface area contributed by atoms with Gasteiger partial charge in [0, 0.05) is 44.5 Å². The zero-order valence-corrected chi connectivity index (χ0v) is 16.7. The maximum Gasteiger partial charge on any atom is 0.193 e. The Hall–Kier alpha value is -2.30. The van der Waals surface area contributed by atoms with Crippen LogP contribution in [-0.2, 0) is 5.41 Å². The van der Waals surface area contributed by atoms with Crippen LogP contribution in [0.15, 0.2) is 48.0 Å². The standard InChI is InChI=1S/C22H31N5/c1-17-6-4-5-7-19(17)22(9-10-22)15-25-21(23-3)26-12-8-18(2)20(14-26)27-13-11-24-16-27/h4-7,11,13,16,18,20H,8-10,12,14-15H2,1-3H3,(H,23,25). The number of likely N-dealkylation sites (tertiary alicyclic amines) is 1. The Bertz CT molecular complexity index is 791. The van der Waals surface area contributed by atoms with Crippen LogP contribution in [0.3, 0.4) is 0 Å². The lowest BCUT2D eigenvalue weighted by atomic mass is 9.91. The number of guanidine groups is 1. The van der Waals surface area contributed by atoms with Gasteiger partial charge in [0.1, 0.15) is 0 Å². The molecule has 1 saturated carbocycles. The number of nitrogens with zero attached hydrogens (tertiary/aromatic N) is 4. The van der Waals surface area contributed by atoms with Crippen molar-refractivity contribution in [1.82, 2.24) is 19.8 Å². The highest BCUT2D eigenvalue weighted by atomic mass is 15.3. The third kappa shape index (κ3) is 3.60. The van der Waals surface area contributed by atoms with Gasteiger partial charge >= 0.3 is 0 Å². The largest absolute Gasteiger partial charge is 0.355 e. The number of hydrogen-bond acceptors (Lipinski definition) is 2. The zero-order chi connectivity index (χ0) is 18.9. The summed E-state index contributed by atoms with van der Waals surface area (Å²) < 4.78 is 2.25. The van der Waals surface area contributed by atoms with Gasteiger partial charge in [0.15, 0.2) is 5.96 Å². The molecule has 5 nitrogen and oxygen atoms in total. The van der Waals surface area contributed by atoms with Crippen LogP contribution in [0.2, 0.25) is 0 Å². The molecule has 2 fully saturated rings. The molecule has 0 spiro atoms. The van der Waals surface area contributed by atoms with E-state index in [9.17, 15) is 0 Å². The molecular weight excluding hydrogens is 334 g/mol. The van der Waals surface area contributed by atoms with Crippen molar-refractivity contribution in [2.45, 2.75) is 44.6 Å². The Morgan fingerprint density at radius 2 is 2.15 bits per heavy atom. The Labute approximate surface area is 162 Å². The molecule has 5 heteroatoms. The molecule has 2 atom stereocenters. The smallest absolute Gasteiger partial charge is 0.193 e. The second-order valence-corrected chi connectivity index (χ2v) is 8.29. The predicted octanol–water partition coefficient (Wildman–Crippen LogP) is 3.38. The summed E-state index contributed by atoms with van der Waals surface area (Å²) in [4.78, 5) is 11.3.